The van der Waals surface area contributed by atoms with E-state index in [1.807, 2.05) is 0 Å². The Kier molecular flexibility index (Phi) is 5.67. The minimum absolute atomic E-state index is 0.279. The largest absolute Gasteiger partial charge is 0.464 e. The lowest BCUT2D eigenvalue weighted by Crippen LogP contribution is -2.39. The van der Waals surface area contributed by atoms with E-state index in [0.29, 0.717) is 6.61 Å². The van der Waals surface area contributed by atoms with E-state index in [4.69, 9.17) is 0 Å². The van der Waals surface area contributed by atoms with Gasteiger partial charge in [-0.2, -0.15) is 0 Å². The van der Waals surface area contributed by atoms with Crippen molar-refractivity contribution in [3.8, 4) is 0 Å². The summed E-state index contributed by atoms with van der Waals surface area (Å²) in [6, 6.07) is -0.668. The average molecular weight is 189 g/mol. The fraction of sp³-hybridized carbons (Fsp3) is 0.750. The summed E-state index contributed by atoms with van der Waals surface area (Å²) in [4.78, 5) is 21.8. The molecule has 5 heteroatoms. The molecule has 0 spiro atoms. The summed E-state index contributed by atoms with van der Waals surface area (Å²) in [5.41, 5.74) is 0. The van der Waals surface area contributed by atoms with Crippen molar-refractivity contribution in [3.05, 3.63) is 0 Å². The Hall–Kier alpha value is -1.26. The highest BCUT2D eigenvalue weighted by Crippen LogP contribution is 1.89. The predicted molar refractivity (Wildman–Crippen MR) is 46.3 cm³/mol. The van der Waals surface area contributed by atoms with Crippen LogP contribution in [-0.4, -0.2) is 31.3 Å². The number of hydrogen-bond donors (Lipinski definition) is 1. The highest BCUT2D eigenvalue weighted by molar-refractivity contribution is 5.80. The van der Waals surface area contributed by atoms with Crippen molar-refractivity contribution in [3.63, 3.8) is 0 Å². The third-order valence-corrected chi connectivity index (χ3v) is 1.25. The Morgan fingerprint density at radius 1 is 1.23 bits per heavy atom. The molecule has 0 rings (SSSR count). The van der Waals surface area contributed by atoms with Gasteiger partial charge in [0.2, 0.25) is 0 Å². The van der Waals surface area contributed by atoms with Gasteiger partial charge in [-0.25, -0.2) is 9.59 Å². The third-order valence-electron chi connectivity index (χ3n) is 1.25. The quantitative estimate of drug-likeness (QED) is 0.660. The Morgan fingerprint density at radius 3 is 2.23 bits per heavy atom. The van der Waals surface area contributed by atoms with Crippen molar-refractivity contribution in [2.45, 2.75) is 26.8 Å². The maximum atomic E-state index is 11.0. The van der Waals surface area contributed by atoms with Crippen molar-refractivity contribution in [1.82, 2.24) is 5.32 Å². The van der Waals surface area contributed by atoms with Gasteiger partial charge in [0, 0.05) is 0 Å². The molecule has 0 radical (unpaired) electrons. The maximum absolute atomic E-state index is 11.0. The molecule has 0 fully saturated rings. The molecule has 0 aromatic carbocycles. The lowest BCUT2D eigenvalue weighted by molar-refractivity contribution is -0.145. The van der Waals surface area contributed by atoms with Gasteiger partial charge in [0.05, 0.1) is 13.2 Å². The van der Waals surface area contributed by atoms with Crippen molar-refractivity contribution in [2.24, 2.45) is 0 Å². The van der Waals surface area contributed by atoms with Crippen LogP contribution in [0.4, 0.5) is 4.79 Å². The van der Waals surface area contributed by atoms with Crippen LogP contribution in [0.1, 0.15) is 20.8 Å². The number of rotatable bonds is 4. The fourth-order valence-corrected chi connectivity index (χ4v) is 0.676. The number of amides is 1. The fourth-order valence-electron chi connectivity index (χ4n) is 0.676. The molecular weight excluding hydrogens is 174 g/mol. The van der Waals surface area contributed by atoms with Crippen molar-refractivity contribution >= 4 is 12.1 Å². The predicted octanol–water partition coefficient (Wildman–Crippen LogP) is 0.684. The van der Waals surface area contributed by atoms with Gasteiger partial charge in [-0.05, 0) is 20.8 Å². The van der Waals surface area contributed by atoms with Gasteiger partial charge in [0.15, 0.2) is 0 Å². The second-order valence-corrected chi connectivity index (χ2v) is 2.34. The Balaban J connectivity index is 3.78. The van der Waals surface area contributed by atoms with Crippen LogP contribution in [0, 0.1) is 0 Å². The second-order valence-electron chi connectivity index (χ2n) is 2.34. The van der Waals surface area contributed by atoms with E-state index in [-0.39, 0.29) is 6.61 Å². The number of alkyl carbamates (subject to hydrolysis) is 1. The molecule has 1 unspecified atom stereocenters. The number of ether oxygens (including phenoxy) is 2. The van der Waals surface area contributed by atoms with E-state index in [9.17, 15) is 9.59 Å². The van der Waals surface area contributed by atoms with Crippen molar-refractivity contribution < 1.29 is 19.1 Å². The van der Waals surface area contributed by atoms with E-state index < -0.39 is 18.1 Å². The topological polar surface area (TPSA) is 64.6 Å². The molecule has 76 valence electrons. The molecule has 0 saturated carbocycles. The van der Waals surface area contributed by atoms with Gasteiger partial charge in [0.1, 0.15) is 6.04 Å². The summed E-state index contributed by atoms with van der Waals surface area (Å²) in [7, 11) is 0. The van der Waals surface area contributed by atoms with Crippen LogP contribution >= 0.6 is 0 Å². The van der Waals surface area contributed by atoms with Crippen LogP contribution in [0.3, 0.4) is 0 Å². The first-order valence-corrected chi connectivity index (χ1v) is 4.21. The Morgan fingerprint density at radius 2 is 1.77 bits per heavy atom. The number of hydrogen-bond acceptors (Lipinski definition) is 4. The molecule has 0 aromatic heterocycles. The molecular formula is C8H15NO4. The molecule has 1 amide bonds. The van der Waals surface area contributed by atoms with Crippen molar-refractivity contribution in [1.29, 1.82) is 0 Å². The van der Waals surface area contributed by atoms with Crippen LogP contribution in [0.25, 0.3) is 0 Å². The van der Waals surface area contributed by atoms with Gasteiger partial charge in [0.25, 0.3) is 0 Å². The van der Waals surface area contributed by atoms with E-state index in [2.05, 4.69) is 14.8 Å². The molecule has 0 aliphatic rings. The minimum atomic E-state index is -0.668. The van der Waals surface area contributed by atoms with Crippen LogP contribution in [0.5, 0.6) is 0 Å². The van der Waals surface area contributed by atoms with Crippen LogP contribution < -0.4 is 5.32 Å². The van der Waals surface area contributed by atoms with E-state index in [0.717, 1.165) is 0 Å². The number of esters is 1. The molecule has 13 heavy (non-hydrogen) atoms. The highest BCUT2D eigenvalue weighted by atomic mass is 16.6. The Labute approximate surface area is 77.4 Å². The molecule has 0 aliphatic heterocycles. The molecule has 0 aromatic rings. The summed E-state index contributed by atoms with van der Waals surface area (Å²) in [5.74, 6) is -0.462. The van der Waals surface area contributed by atoms with Crippen LogP contribution in [-0.2, 0) is 14.3 Å². The third kappa shape index (κ3) is 5.05. The first kappa shape index (κ1) is 11.7. The molecule has 0 aliphatic carbocycles. The van der Waals surface area contributed by atoms with Crippen molar-refractivity contribution in [2.75, 3.05) is 13.2 Å². The van der Waals surface area contributed by atoms with Gasteiger partial charge in [-0.1, -0.05) is 0 Å². The summed E-state index contributed by atoms with van der Waals surface area (Å²) in [6.45, 7) is 5.51. The number of carbonyl (C=O) groups excluding carboxylic acids is 2. The van der Waals surface area contributed by atoms with E-state index in [1.54, 1.807) is 13.8 Å². The zero-order valence-corrected chi connectivity index (χ0v) is 8.12. The lowest BCUT2D eigenvalue weighted by atomic mass is 10.3. The maximum Gasteiger partial charge on any atom is 0.407 e. The van der Waals surface area contributed by atoms with Crippen LogP contribution in [0.15, 0.2) is 0 Å². The standard InChI is InChI=1S/C8H15NO4/c1-4-12-7(10)6(3)9-8(11)13-5-2/h6H,4-5H2,1-3H3,(H,9,11). The number of nitrogens with one attached hydrogen (secondary N) is 1. The molecule has 1 atom stereocenters. The summed E-state index contributed by atoms with van der Waals surface area (Å²) in [6.07, 6.45) is -0.608. The summed E-state index contributed by atoms with van der Waals surface area (Å²) < 4.78 is 9.26. The minimum Gasteiger partial charge on any atom is -0.464 e. The zero-order valence-electron chi connectivity index (χ0n) is 8.12. The SMILES string of the molecule is CCOC(=O)NC(C)C(=O)OCC. The first-order chi connectivity index (χ1) is 6.11. The first-order valence-electron chi connectivity index (χ1n) is 4.21. The Bertz CT molecular complexity index is 181. The lowest BCUT2D eigenvalue weighted by Gasteiger charge is -2.11. The van der Waals surface area contributed by atoms with Gasteiger partial charge < -0.3 is 14.8 Å². The highest BCUT2D eigenvalue weighted by Gasteiger charge is 2.16. The average Bonchev–Trinajstić information content (AvgIpc) is 2.05. The molecule has 0 bridgehead atoms. The van der Waals surface area contributed by atoms with E-state index >= 15 is 0 Å². The zero-order chi connectivity index (χ0) is 10.3. The molecule has 0 heterocycles. The smallest absolute Gasteiger partial charge is 0.407 e. The van der Waals surface area contributed by atoms with Gasteiger partial charge >= 0.3 is 12.1 Å². The number of carbonyl (C=O) groups is 2. The van der Waals surface area contributed by atoms with Gasteiger partial charge in [-0.3, -0.25) is 0 Å². The molecule has 1 N–H and O–H groups in total. The van der Waals surface area contributed by atoms with Gasteiger partial charge in [-0.15, -0.1) is 0 Å². The summed E-state index contributed by atoms with van der Waals surface area (Å²) in [5, 5.41) is 2.33. The van der Waals surface area contributed by atoms with E-state index in [1.165, 1.54) is 6.92 Å². The van der Waals surface area contributed by atoms with Crippen LogP contribution in [0.2, 0.25) is 0 Å². The monoisotopic (exact) mass is 189 g/mol. The molecule has 5 nitrogen and oxygen atoms in total. The molecule has 0 saturated heterocycles. The summed E-state index contributed by atoms with van der Waals surface area (Å²) >= 11 is 0. The second kappa shape index (κ2) is 6.28. The normalized spacial score (nSPS) is 11.6.